The molecule has 0 heterocycles. The van der Waals surface area contributed by atoms with Crippen molar-refractivity contribution in [1.29, 1.82) is 0 Å². The molecule has 0 amide bonds. The third kappa shape index (κ3) is 1.95. The Morgan fingerprint density at radius 2 is 1.85 bits per heavy atom. The van der Waals surface area contributed by atoms with Gasteiger partial charge < -0.3 is 10.2 Å². The zero-order valence-electron chi connectivity index (χ0n) is 7.09. The molecule has 1 atom stereocenters. The summed E-state index contributed by atoms with van der Waals surface area (Å²) in [7, 11) is 0. The molecule has 0 spiro atoms. The van der Waals surface area contributed by atoms with Crippen LogP contribution >= 0.6 is 0 Å². The summed E-state index contributed by atoms with van der Waals surface area (Å²) in [5, 5.41) is 18.4. The second-order valence-electron chi connectivity index (χ2n) is 2.75. The van der Waals surface area contributed by atoms with Crippen molar-refractivity contribution in [3.63, 3.8) is 0 Å². The van der Waals surface area contributed by atoms with Crippen LogP contribution in [0.4, 0.5) is 8.78 Å². The third-order valence-electron chi connectivity index (χ3n) is 1.82. The molecular formula is C9H10F2O2. The molecule has 0 bridgehead atoms. The van der Waals surface area contributed by atoms with Gasteiger partial charge in [-0.05, 0) is 12.5 Å². The van der Waals surface area contributed by atoms with Crippen LogP contribution < -0.4 is 0 Å². The third-order valence-corrected chi connectivity index (χ3v) is 1.82. The summed E-state index contributed by atoms with van der Waals surface area (Å²) >= 11 is 0. The maximum atomic E-state index is 12.7. The average molecular weight is 188 g/mol. The van der Waals surface area contributed by atoms with Crippen LogP contribution in [0.1, 0.15) is 25.0 Å². The van der Waals surface area contributed by atoms with E-state index in [2.05, 4.69) is 0 Å². The minimum atomic E-state index is -1.12. The molecule has 72 valence electrons. The van der Waals surface area contributed by atoms with Gasteiger partial charge in [0.15, 0.2) is 11.6 Å². The molecule has 0 aliphatic carbocycles. The van der Waals surface area contributed by atoms with Gasteiger partial charge in [-0.1, -0.05) is 6.92 Å². The lowest BCUT2D eigenvalue weighted by Gasteiger charge is -2.10. The van der Waals surface area contributed by atoms with E-state index in [1.807, 2.05) is 0 Å². The van der Waals surface area contributed by atoms with E-state index >= 15 is 0 Å². The molecule has 1 aromatic carbocycles. The fourth-order valence-corrected chi connectivity index (χ4v) is 1.04. The first-order chi connectivity index (χ1) is 6.06. The lowest BCUT2D eigenvalue weighted by molar-refractivity contribution is 0.169. The second-order valence-corrected chi connectivity index (χ2v) is 2.75. The number of hydrogen-bond donors (Lipinski definition) is 2. The van der Waals surface area contributed by atoms with Gasteiger partial charge in [0.05, 0.1) is 6.10 Å². The Bertz CT molecular complexity index is 313. The quantitative estimate of drug-likeness (QED) is 0.746. The molecule has 0 aliphatic heterocycles. The molecule has 0 aliphatic rings. The predicted molar refractivity (Wildman–Crippen MR) is 43.3 cm³/mol. The van der Waals surface area contributed by atoms with Crippen LogP contribution in [0.3, 0.4) is 0 Å². The van der Waals surface area contributed by atoms with Gasteiger partial charge in [-0.15, -0.1) is 0 Å². The number of hydrogen-bond acceptors (Lipinski definition) is 2. The molecule has 2 N–H and O–H groups in total. The fourth-order valence-electron chi connectivity index (χ4n) is 1.04. The first-order valence-electron chi connectivity index (χ1n) is 3.92. The average Bonchev–Trinajstić information content (AvgIpc) is 2.10. The largest absolute Gasteiger partial charge is 0.507 e. The zero-order valence-corrected chi connectivity index (χ0v) is 7.09. The fraction of sp³-hybridized carbons (Fsp3) is 0.333. The Balaban J connectivity index is 3.15. The number of aliphatic hydroxyl groups is 1. The Hall–Kier alpha value is -1.16. The highest BCUT2D eigenvalue weighted by atomic mass is 19.2. The van der Waals surface area contributed by atoms with E-state index in [1.165, 1.54) is 0 Å². The van der Waals surface area contributed by atoms with Gasteiger partial charge in [0.2, 0.25) is 0 Å². The van der Waals surface area contributed by atoms with E-state index in [4.69, 9.17) is 5.11 Å². The van der Waals surface area contributed by atoms with Crippen molar-refractivity contribution < 1.29 is 19.0 Å². The number of phenolic OH excluding ortho intramolecular Hbond substituents is 1. The van der Waals surface area contributed by atoms with Crippen LogP contribution in [0.15, 0.2) is 12.1 Å². The number of halogens is 2. The number of phenols is 1. The molecule has 0 radical (unpaired) electrons. The summed E-state index contributed by atoms with van der Waals surface area (Å²) in [4.78, 5) is 0. The number of benzene rings is 1. The Morgan fingerprint density at radius 3 is 2.38 bits per heavy atom. The van der Waals surface area contributed by atoms with Gasteiger partial charge in [0.25, 0.3) is 0 Å². The van der Waals surface area contributed by atoms with Crippen LogP contribution in [0.25, 0.3) is 0 Å². The lowest BCUT2D eigenvalue weighted by Crippen LogP contribution is -1.98. The number of aliphatic hydroxyl groups excluding tert-OH is 1. The van der Waals surface area contributed by atoms with Crippen molar-refractivity contribution in [2.45, 2.75) is 19.4 Å². The van der Waals surface area contributed by atoms with E-state index in [0.29, 0.717) is 12.5 Å². The Morgan fingerprint density at radius 1 is 1.31 bits per heavy atom. The normalized spacial score (nSPS) is 12.9. The number of rotatable bonds is 2. The highest BCUT2D eigenvalue weighted by Crippen LogP contribution is 2.28. The summed E-state index contributed by atoms with van der Waals surface area (Å²) in [5.74, 6) is -2.61. The molecule has 0 aromatic heterocycles. The van der Waals surface area contributed by atoms with Gasteiger partial charge in [-0.25, -0.2) is 8.78 Å². The SMILES string of the molecule is CCC(O)c1cc(F)c(F)cc1O. The monoisotopic (exact) mass is 188 g/mol. The van der Waals surface area contributed by atoms with E-state index in [9.17, 15) is 13.9 Å². The highest BCUT2D eigenvalue weighted by Gasteiger charge is 2.14. The molecule has 4 heteroatoms. The maximum Gasteiger partial charge on any atom is 0.162 e. The lowest BCUT2D eigenvalue weighted by atomic mass is 10.1. The van der Waals surface area contributed by atoms with E-state index in [1.54, 1.807) is 6.92 Å². The first kappa shape index (κ1) is 9.92. The van der Waals surface area contributed by atoms with Crippen LogP contribution in [0, 0.1) is 11.6 Å². The standard InChI is InChI=1S/C9H10F2O2/c1-2-8(12)5-3-6(10)7(11)4-9(5)13/h3-4,8,12-13H,2H2,1H3. The molecule has 13 heavy (non-hydrogen) atoms. The van der Waals surface area contributed by atoms with Gasteiger partial charge in [-0.3, -0.25) is 0 Å². The molecule has 1 aromatic rings. The molecule has 0 saturated carbocycles. The smallest absolute Gasteiger partial charge is 0.162 e. The highest BCUT2D eigenvalue weighted by molar-refractivity contribution is 5.35. The van der Waals surface area contributed by atoms with E-state index < -0.39 is 23.5 Å². The topological polar surface area (TPSA) is 40.5 Å². The van der Waals surface area contributed by atoms with Crippen LogP contribution in [0.2, 0.25) is 0 Å². The van der Waals surface area contributed by atoms with Gasteiger partial charge >= 0.3 is 0 Å². The van der Waals surface area contributed by atoms with Crippen molar-refractivity contribution in [3.8, 4) is 5.75 Å². The minimum Gasteiger partial charge on any atom is -0.507 e. The molecule has 0 fully saturated rings. The Labute approximate surface area is 74.4 Å². The first-order valence-corrected chi connectivity index (χ1v) is 3.92. The summed E-state index contributed by atoms with van der Waals surface area (Å²) in [5.41, 5.74) is 0.0152. The van der Waals surface area contributed by atoms with Crippen LogP contribution in [-0.4, -0.2) is 10.2 Å². The van der Waals surface area contributed by atoms with Crippen molar-refractivity contribution in [3.05, 3.63) is 29.3 Å². The van der Waals surface area contributed by atoms with Crippen LogP contribution in [-0.2, 0) is 0 Å². The summed E-state index contributed by atoms with van der Waals surface area (Å²) < 4.78 is 25.2. The van der Waals surface area contributed by atoms with Gasteiger partial charge in [-0.2, -0.15) is 0 Å². The minimum absolute atomic E-state index is 0.0152. The molecule has 2 nitrogen and oxygen atoms in total. The van der Waals surface area contributed by atoms with Crippen molar-refractivity contribution in [2.75, 3.05) is 0 Å². The summed E-state index contributed by atoms with van der Waals surface area (Å²) in [6.45, 7) is 1.67. The van der Waals surface area contributed by atoms with E-state index in [-0.39, 0.29) is 5.56 Å². The summed E-state index contributed by atoms with van der Waals surface area (Å²) in [6, 6.07) is 1.46. The van der Waals surface area contributed by atoms with Crippen molar-refractivity contribution in [2.24, 2.45) is 0 Å². The van der Waals surface area contributed by atoms with Crippen LogP contribution in [0.5, 0.6) is 5.75 Å². The molecule has 1 unspecified atom stereocenters. The number of aromatic hydroxyl groups is 1. The summed E-state index contributed by atoms with van der Waals surface area (Å²) in [6.07, 6.45) is -0.631. The second kappa shape index (κ2) is 3.70. The van der Waals surface area contributed by atoms with Gasteiger partial charge in [0, 0.05) is 11.6 Å². The van der Waals surface area contributed by atoms with Crippen molar-refractivity contribution in [1.82, 2.24) is 0 Å². The van der Waals surface area contributed by atoms with E-state index in [0.717, 1.165) is 6.07 Å². The predicted octanol–water partition coefficient (Wildman–Crippen LogP) is 2.11. The van der Waals surface area contributed by atoms with Crippen molar-refractivity contribution >= 4 is 0 Å². The molecule has 0 saturated heterocycles. The Kier molecular flexibility index (Phi) is 2.83. The zero-order chi connectivity index (χ0) is 10.0. The molecule has 1 rings (SSSR count). The molecular weight excluding hydrogens is 178 g/mol. The maximum absolute atomic E-state index is 12.7. The van der Waals surface area contributed by atoms with Gasteiger partial charge in [0.1, 0.15) is 5.75 Å².